The molecular formula is C17H24N4. The number of benzene rings is 1. The van der Waals surface area contributed by atoms with Crippen LogP contribution in [0.5, 0.6) is 0 Å². The third kappa shape index (κ3) is 3.01. The van der Waals surface area contributed by atoms with E-state index < -0.39 is 0 Å². The first-order valence-electron chi connectivity index (χ1n) is 7.67. The van der Waals surface area contributed by atoms with Gasteiger partial charge in [-0.25, -0.2) is 4.68 Å². The van der Waals surface area contributed by atoms with Crippen molar-refractivity contribution < 1.29 is 0 Å². The molecule has 112 valence electrons. The molecule has 0 bridgehead atoms. The van der Waals surface area contributed by atoms with Crippen LogP contribution in [-0.2, 0) is 6.54 Å². The van der Waals surface area contributed by atoms with Gasteiger partial charge in [-0.2, -0.15) is 5.10 Å². The van der Waals surface area contributed by atoms with Gasteiger partial charge in [0.2, 0.25) is 0 Å². The number of hydrogen-bond donors (Lipinski definition) is 1. The summed E-state index contributed by atoms with van der Waals surface area (Å²) in [6, 6.07) is 10.5. The molecule has 1 N–H and O–H groups in total. The molecule has 0 unspecified atom stereocenters. The summed E-state index contributed by atoms with van der Waals surface area (Å²) >= 11 is 0. The third-order valence-corrected chi connectivity index (χ3v) is 4.72. The predicted octanol–water partition coefficient (Wildman–Crippen LogP) is 2.45. The number of aromatic nitrogens is 2. The minimum Gasteiger partial charge on any atom is -0.311 e. The second-order valence-corrected chi connectivity index (χ2v) is 6.19. The highest BCUT2D eigenvalue weighted by Crippen LogP contribution is 2.35. The second kappa shape index (κ2) is 6.00. The van der Waals surface area contributed by atoms with Gasteiger partial charge in [-0.1, -0.05) is 12.1 Å². The first-order valence-corrected chi connectivity index (χ1v) is 7.67. The Bertz CT molecular complexity index is 553. The smallest absolute Gasteiger partial charge is 0.0645 e. The van der Waals surface area contributed by atoms with Gasteiger partial charge in [-0.3, -0.25) is 0 Å². The van der Waals surface area contributed by atoms with Crippen molar-refractivity contribution in [1.29, 1.82) is 0 Å². The zero-order valence-electron chi connectivity index (χ0n) is 12.9. The maximum atomic E-state index is 4.24. The van der Waals surface area contributed by atoms with E-state index in [2.05, 4.69) is 53.7 Å². The zero-order chi connectivity index (χ0) is 14.7. The molecule has 1 aliphatic carbocycles. The molecule has 1 aromatic heterocycles. The quantitative estimate of drug-likeness (QED) is 0.884. The lowest BCUT2D eigenvalue weighted by atomic mass is 9.75. The van der Waals surface area contributed by atoms with Gasteiger partial charge in [0.05, 0.1) is 5.69 Å². The summed E-state index contributed by atoms with van der Waals surface area (Å²) in [5.41, 5.74) is 2.81. The molecule has 1 heterocycles. The van der Waals surface area contributed by atoms with E-state index >= 15 is 0 Å². The second-order valence-electron chi connectivity index (χ2n) is 6.19. The van der Waals surface area contributed by atoms with E-state index in [1.54, 1.807) is 6.20 Å². The lowest BCUT2D eigenvalue weighted by Gasteiger charge is -2.47. The Kier molecular flexibility index (Phi) is 4.08. The van der Waals surface area contributed by atoms with Crippen molar-refractivity contribution >= 4 is 0 Å². The van der Waals surface area contributed by atoms with Crippen LogP contribution in [-0.4, -0.2) is 40.9 Å². The minimum atomic E-state index is 0.384. The van der Waals surface area contributed by atoms with Crippen molar-refractivity contribution in [2.45, 2.75) is 31.3 Å². The Morgan fingerprint density at radius 3 is 2.52 bits per heavy atom. The highest BCUT2D eigenvalue weighted by Gasteiger charge is 2.38. The Hall–Kier alpha value is -1.65. The number of nitrogens with one attached hydrogen (secondary N) is 1. The normalized spacial score (nSPS) is 16.9. The summed E-state index contributed by atoms with van der Waals surface area (Å²) in [5, 5.41) is 7.86. The van der Waals surface area contributed by atoms with E-state index in [1.165, 1.54) is 24.8 Å². The van der Waals surface area contributed by atoms with Gasteiger partial charge >= 0.3 is 0 Å². The van der Waals surface area contributed by atoms with Crippen molar-refractivity contribution in [3.63, 3.8) is 0 Å². The van der Waals surface area contributed by atoms with Crippen LogP contribution in [0.1, 0.15) is 24.8 Å². The van der Waals surface area contributed by atoms with Gasteiger partial charge in [-0.15, -0.1) is 0 Å². The fourth-order valence-corrected chi connectivity index (χ4v) is 2.99. The fourth-order valence-electron chi connectivity index (χ4n) is 2.99. The van der Waals surface area contributed by atoms with Crippen LogP contribution in [0.4, 0.5) is 0 Å². The molecular weight excluding hydrogens is 260 g/mol. The molecule has 2 aromatic rings. The SMILES string of the molecule is CN(C)C1(CNCc2ccc(-n3cccn3)cc2)CCC1. The number of rotatable bonds is 6. The van der Waals surface area contributed by atoms with Crippen LogP contribution in [0.3, 0.4) is 0 Å². The summed E-state index contributed by atoms with van der Waals surface area (Å²) < 4.78 is 1.88. The number of hydrogen-bond acceptors (Lipinski definition) is 3. The summed E-state index contributed by atoms with van der Waals surface area (Å²) in [6.07, 6.45) is 7.74. The summed E-state index contributed by atoms with van der Waals surface area (Å²) in [7, 11) is 4.39. The molecule has 0 aliphatic heterocycles. The molecule has 1 aliphatic rings. The van der Waals surface area contributed by atoms with E-state index in [4.69, 9.17) is 0 Å². The van der Waals surface area contributed by atoms with E-state index in [-0.39, 0.29) is 0 Å². The fraction of sp³-hybridized carbons (Fsp3) is 0.471. The zero-order valence-corrected chi connectivity index (χ0v) is 12.9. The van der Waals surface area contributed by atoms with Crippen molar-refractivity contribution in [3.8, 4) is 5.69 Å². The molecule has 1 aromatic carbocycles. The largest absolute Gasteiger partial charge is 0.311 e. The molecule has 4 heteroatoms. The summed E-state index contributed by atoms with van der Waals surface area (Å²) in [4.78, 5) is 2.38. The van der Waals surface area contributed by atoms with Crippen LogP contribution >= 0.6 is 0 Å². The van der Waals surface area contributed by atoms with E-state index in [1.807, 2.05) is 16.9 Å². The van der Waals surface area contributed by atoms with Gasteiger partial charge in [-0.05, 0) is 57.1 Å². The van der Waals surface area contributed by atoms with Crippen LogP contribution in [0, 0.1) is 0 Å². The maximum absolute atomic E-state index is 4.24. The lowest BCUT2D eigenvalue weighted by Crippen LogP contribution is -2.56. The Morgan fingerprint density at radius 2 is 2.00 bits per heavy atom. The molecule has 0 radical (unpaired) electrons. The average Bonchev–Trinajstić information content (AvgIpc) is 2.96. The molecule has 4 nitrogen and oxygen atoms in total. The number of likely N-dealkylation sites (N-methyl/N-ethyl adjacent to an activating group) is 1. The first kappa shape index (κ1) is 14.3. The standard InChI is InChI=1S/C17H24N4/c1-20(2)17(9-3-10-17)14-18-13-15-5-7-16(8-6-15)21-12-4-11-19-21/h4-8,11-12,18H,3,9-10,13-14H2,1-2H3. The highest BCUT2D eigenvalue weighted by atomic mass is 15.3. The molecule has 1 fully saturated rings. The van der Waals surface area contributed by atoms with Crippen LogP contribution < -0.4 is 5.32 Å². The molecule has 0 atom stereocenters. The molecule has 0 saturated heterocycles. The first-order chi connectivity index (χ1) is 10.2. The predicted molar refractivity (Wildman–Crippen MR) is 85.5 cm³/mol. The summed E-state index contributed by atoms with van der Waals surface area (Å²) in [6.45, 7) is 2.00. The molecule has 3 rings (SSSR count). The van der Waals surface area contributed by atoms with Crippen molar-refractivity contribution in [2.24, 2.45) is 0 Å². The van der Waals surface area contributed by atoms with Crippen LogP contribution in [0.2, 0.25) is 0 Å². The van der Waals surface area contributed by atoms with Gasteiger partial charge in [0, 0.05) is 31.0 Å². The van der Waals surface area contributed by atoms with Crippen LogP contribution in [0.25, 0.3) is 5.69 Å². The van der Waals surface area contributed by atoms with E-state index in [9.17, 15) is 0 Å². The van der Waals surface area contributed by atoms with Crippen molar-refractivity contribution in [3.05, 3.63) is 48.3 Å². The van der Waals surface area contributed by atoms with Crippen molar-refractivity contribution in [2.75, 3.05) is 20.6 Å². The van der Waals surface area contributed by atoms with Crippen molar-refractivity contribution in [1.82, 2.24) is 20.0 Å². The lowest BCUT2D eigenvalue weighted by molar-refractivity contribution is 0.0598. The summed E-state index contributed by atoms with van der Waals surface area (Å²) in [5.74, 6) is 0. The van der Waals surface area contributed by atoms with Gasteiger partial charge < -0.3 is 10.2 Å². The number of nitrogens with zero attached hydrogens (tertiary/aromatic N) is 3. The Balaban J connectivity index is 1.54. The van der Waals surface area contributed by atoms with Gasteiger partial charge in [0.25, 0.3) is 0 Å². The topological polar surface area (TPSA) is 33.1 Å². The highest BCUT2D eigenvalue weighted by molar-refractivity contribution is 5.33. The van der Waals surface area contributed by atoms with E-state index in [0.29, 0.717) is 5.54 Å². The van der Waals surface area contributed by atoms with E-state index in [0.717, 1.165) is 18.8 Å². The third-order valence-electron chi connectivity index (χ3n) is 4.72. The molecule has 0 spiro atoms. The Labute approximate surface area is 126 Å². The molecule has 21 heavy (non-hydrogen) atoms. The monoisotopic (exact) mass is 284 g/mol. The maximum Gasteiger partial charge on any atom is 0.0645 e. The van der Waals surface area contributed by atoms with Crippen LogP contribution in [0.15, 0.2) is 42.7 Å². The molecule has 1 saturated carbocycles. The molecule has 0 amide bonds. The minimum absolute atomic E-state index is 0.384. The van der Waals surface area contributed by atoms with Gasteiger partial charge in [0.1, 0.15) is 0 Å². The van der Waals surface area contributed by atoms with Gasteiger partial charge in [0.15, 0.2) is 0 Å². The average molecular weight is 284 g/mol. The Morgan fingerprint density at radius 1 is 1.24 bits per heavy atom.